The van der Waals surface area contributed by atoms with Gasteiger partial charge < -0.3 is 9.64 Å². The number of rotatable bonds is 7. The van der Waals surface area contributed by atoms with E-state index in [0.717, 1.165) is 66.4 Å². The first-order valence-electron chi connectivity index (χ1n) is 11.6. The molecule has 1 saturated heterocycles. The number of carbonyl (C=O) groups is 1. The molecule has 170 valence electrons. The van der Waals surface area contributed by atoms with Crippen LogP contribution in [0, 0.1) is 5.92 Å². The Hall–Kier alpha value is -3.12. The zero-order valence-corrected chi connectivity index (χ0v) is 19.8. The van der Waals surface area contributed by atoms with Crippen molar-refractivity contribution in [3.8, 4) is 17.0 Å². The minimum absolute atomic E-state index is 0.267. The van der Waals surface area contributed by atoms with E-state index in [2.05, 4.69) is 51.2 Å². The lowest BCUT2D eigenvalue weighted by molar-refractivity contribution is -0.132. The number of aromatic nitrogens is 2. The number of hydrogen-bond donors (Lipinski definition) is 0. The van der Waals surface area contributed by atoms with Crippen LogP contribution in [0.15, 0.2) is 66.2 Å². The van der Waals surface area contributed by atoms with Gasteiger partial charge in [0, 0.05) is 42.3 Å². The molecule has 0 atom stereocenters. The van der Waals surface area contributed by atoms with Gasteiger partial charge in [0.25, 0.3) is 0 Å². The number of benzene rings is 2. The highest BCUT2D eigenvalue weighted by Crippen LogP contribution is 2.26. The highest BCUT2D eigenvalue weighted by molar-refractivity contribution is 7.15. The number of aryl methyl sites for hydroxylation is 1. The van der Waals surface area contributed by atoms with Crippen molar-refractivity contribution >= 4 is 22.2 Å². The van der Waals surface area contributed by atoms with Gasteiger partial charge in [0.05, 0.1) is 12.8 Å². The standard InChI is InChI=1S/C27H29N3O2S/c1-32-24-10-7-22(8-11-24)25-18-30-23(19-33-27(30)28-25)9-12-26(31)29-15-13-21(14-16-29)17-20-5-3-2-4-6-20/h2-8,10-11,18-19,21H,9,12-17H2,1H3. The second-order valence-corrected chi connectivity index (χ2v) is 9.58. The second-order valence-electron chi connectivity index (χ2n) is 8.75. The molecule has 5 rings (SSSR count). The molecule has 2 aromatic heterocycles. The van der Waals surface area contributed by atoms with Crippen LogP contribution in [0.4, 0.5) is 0 Å². The monoisotopic (exact) mass is 459 g/mol. The topological polar surface area (TPSA) is 46.8 Å². The molecule has 1 aliphatic rings. The van der Waals surface area contributed by atoms with Crippen molar-refractivity contribution in [3.63, 3.8) is 0 Å². The molecule has 1 aliphatic heterocycles. The van der Waals surface area contributed by atoms with Crippen molar-refractivity contribution in [2.45, 2.75) is 32.1 Å². The van der Waals surface area contributed by atoms with Crippen molar-refractivity contribution in [2.24, 2.45) is 5.92 Å². The molecule has 0 radical (unpaired) electrons. The van der Waals surface area contributed by atoms with E-state index >= 15 is 0 Å². The number of amides is 1. The summed E-state index contributed by atoms with van der Waals surface area (Å²) < 4.78 is 7.37. The SMILES string of the molecule is COc1ccc(-c2cn3c(CCC(=O)N4CCC(Cc5ccccc5)CC4)csc3n2)cc1. The number of likely N-dealkylation sites (tertiary alicyclic amines) is 1. The van der Waals surface area contributed by atoms with Crippen LogP contribution in [-0.4, -0.2) is 40.4 Å². The van der Waals surface area contributed by atoms with Crippen LogP contribution in [0.3, 0.4) is 0 Å². The Bertz CT molecular complexity index is 1210. The summed E-state index contributed by atoms with van der Waals surface area (Å²) in [6.45, 7) is 1.75. The zero-order chi connectivity index (χ0) is 22.6. The van der Waals surface area contributed by atoms with Gasteiger partial charge >= 0.3 is 0 Å². The van der Waals surface area contributed by atoms with Crippen LogP contribution in [0.5, 0.6) is 5.75 Å². The molecule has 1 fully saturated rings. The fourth-order valence-corrected chi connectivity index (χ4v) is 5.54. The molecule has 3 heterocycles. The van der Waals surface area contributed by atoms with Crippen molar-refractivity contribution in [2.75, 3.05) is 20.2 Å². The molecule has 0 spiro atoms. The van der Waals surface area contributed by atoms with Gasteiger partial charge in [0.2, 0.25) is 5.91 Å². The number of thiazole rings is 1. The summed E-state index contributed by atoms with van der Waals surface area (Å²) in [6.07, 6.45) is 6.66. The van der Waals surface area contributed by atoms with E-state index in [1.165, 1.54) is 5.56 Å². The van der Waals surface area contributed by atoms with Crippen molar-refractivity contribution in [1.82, 2.24) is 14.3 Å². The fraction of sp³-hybridized carbons (Fsp3) is 0.333. The molecular formula is C27H29N3O2S. The van der Waals surface area contributed by atoms with Crippen molar-refractivity contribution in [3.05, 3.63) is 77.4 Å². The molecule has 5 nitrogen and oxygen atoms in total. The van der Waals surface area contributed by atoms with E-state index in [1.807, 2.05) is 24.3 Å². The minimum atomic E-state index is 0.267. The van der Waals surface area contributed by atoms with Crippen LogP contribution in [0.25, 0.3) is 16.2 Å². The second kappa shape index (κ2) is 9.79. The number of fused-ring (bicyclic) bond motifs is 1. The van der Waals surface area contributed by atoms with Gasteiger partial charge in [-0.15, -0.1) is 11.3 Å². The largest absolute Gasteiger partial charge is 0.497 e. The summed E-state index contributed by atoms with van der Waals surface area (Å²) in [5.74, 6) is 1.78. The highest BCUT2D eigenvalue weighted by atomic mass is 32.1. The van der Waals surface area contributed by atoms with Gasteiger partial charge in [-0.1, -0.05) is 30.3 Å². The smallest absolute Gasteiger partial charge is 0.222 e. The Morgan fingerprint density at radius 1 is 1.09 bits per heavy atom. The van der Waals surface area contributed by atoms with E-state index in [4.69, 9.17) is 9.72 Å². The molecule has 0 N–H and O–H groups in total. The van der Waals surface area contributed by atoms with Crippen molar-refractivity contribution in [1.29, 1.82) is 0 Å². The first kappa shape index (κ1) is 21.7. The van der Waals surface area contributed by atoms with E-state index < -0.39 is 0 Å². The summed E-state index contributed by atoms with van der Waals surface area (Å²) in [7, 11) is 1.67. The third kappa shape index (κ3) is 4.96. The summed E-state index contributed by atoms with van der Waals surface area (Å²) in [5, 5.41) is 2.12. The van der Waals surface area contributed by atoms with E-state index in [9.17, 15) is 4.79 Å². The molecule has 33 heavy (non-hydrogen) atoms. The molecular weight excluding hydrogens is 430 g/mol. The van der Waals surface area contributed by atoms with Gasteiger partial charge in [-0.2, -0.15) is 0 Å². The number of carbonyl (C=O) groups excluding carboxylic acids is 1. The quantitative estimate of drug-likeness (QED) is 0.367. The normalized spacial score (nSPS) is 14.6. The lowest BCUT2D eigenvalue weighted by Gasteiger charge is -2.32. The third-order valence-electron chi connectivity index (χ3n) is 6.60. The zero-order valence-electron chi connectivity index (χ0n) is 18.9. The number of ether oxygens (including phenoxy) is 1. The molecule has 0 bridgehead atoms. The van der Waals surface area contributed by atoms with Gasteiger partial charge in [0.1, 0.15) is 5.75 Å². The fourth-order valence-electron chi connectivity index (χ4n) is 4.64. The lowest BCUT2D eigenvalue weighted by Crippen LogP contribution is -2.39. The number of imidazole rings is 1. The Balaban J connectivity index is 1.16. The molecule has 4 aromatic rings. The van der Waals surface area contributed by atoms with Crippen molar-refractivity contribution < 1.29 is 9.53 Å². The number of hydrogen-bond acceptors (Lipinski definition) is 4. The molecule has 0 aliphatic carbocycles. The first-order chi connectivity index (χ1) is 16.2. The molecule has 2 aromatic carbocycles. The lowest BCUT2D eigenvalue weighted by atomic mass is 9.90. The van der Waals surface area contributed by atoms with E-state index in [1.54, 1.807) is 18.4 Å². The summed E-state index contributed by atoms with van der Waals surface area (Å²) in [4.78, 5) is 20.7. The summed E-state index contributed by atoms with van der Waals surface area (Å²) in [5.41, 5.74) is 4.55. The van der Waals surface area contributed by atoms with Gasteiger partial charge in [0.15, 0.2) is 4.96 Å². The van der Waals surface area contributed by atoms with Gasteiger partial charge in [-0.05, 0) is 61.4 Å². The van der Waals surface area contributed by atoms with Crippen LogP contribution >= 0.6 is 11.3 Å². The summed E-state index contributed by atoms with van der Waals surface area (Å²) >= 11 is 1.63. The van der Waals surface area contributed by atoms with Gasteiger partial charge in [-0.25, -0.2) is 4.98 Å². The predicted molar refractivity (Wildman–Crippen MR) is 133 cm³/mol. The molecule has 1 amide bonds. The third-order valence-corrected chi connectivity index (χ3v) is 7.49. The average molecular weight is 460 g/mol. The molecule has 0 unspecified atom stereocenters. The molecule has 0 saturated carbocycles. The maximum Gasteiger partial charge on any atom is 0.222 e. The predicted octanol–water partition coefficient (Wildman–Crippen LogP) is 5.49. The Kier molecular flexibility index (Phi) is 6.44. The minimum Gasteiger partial charge on any atom is -0.497 e. The Morgan fingerprint density at radius 2 is 1.85 bits per heavy atom. The highest BCUT2D eigenvalue weighted by Gasteiger charge is 2.23. The van der Waals surface area contributed by atoms with Crippen LogP contribution in [0.2, 0.25) is 0 Å². The van der Waals surface area contributed by atoms with Crippen LogP contribution < -0.4 is 4.74 Å². The van der Waals surface area contributed by atoms with Crippen LogP contribution in [0.1, 0.15) is 30.5 Å². The Labute approximate surface area is 198 Å². The van der Waals surface area contributed by atoms with Crippen LogP contribution in [-0.2, 0) is 17.6 Å². The maximum absolute atomic E-state index is 12.9. The van der Waals surface area contributed by atoms with E-state index in [-0.39, 0.29) is 5.91 Å². The average Bonchev–Trinajstić information content (AvgIpc) is 3.45. The first-order valence-corrected chi connectivity index (χ1v) is 12.5. The van der Waals surface area contributed by atoms with Gasteiger partial charge in [-0.3, -0.25) is 9.20 Å². The Morgan fingerprint density at radius 3 is 2.58 bits per heavy atom. The number of nitrogens with zero attached hydrogens (tertiary/aromatic N) is 3. The summed E-state index contributed by atoms with van der Waals surface area (Å²) in [6, 6.07) is 18.6. The maximum atomic E-state index is 12.9. The number of piperidine rings is 1. The molecule has 6 heteroatoms. The van der Waals surface area contributed by atoms with E-state index in [0.29, 0.717) is 12.3 Å². The number of methoxy groups -OCH3 is 1.